The maximum absolute atomic E-state index is 11.8. The molecule has 0 bridgehead atoms. The third-order valence-electron chi connectivity index (χ3n) is 5.08. The number of methoxy groups -OCH3 is 2. The molecule has 1 heterocycles. The molecule has 160 valence electrons. The molecule has 8 heteroatoms. The molecule has 1 amide bonds. The monoisotopic (exact) mass is 404 g/mol. The minimum atomic E-state index is -0.426. The van der Waals surface area contributed by atoms with E-state index in [1.54, 1.807) is 13.1 Å². The number of nitrogens with zero attached hydrogens (tertiary/aromatic N) is 2. The van der Waals surface area contributed by atoms with Gasteiger partial charge >= 0.3 is 5.97 Å². The first kappa shape index (κ1) is 22.5. The van der Waals surface area contributed by atoms with Crippen molar-refractivity contribution in [2.24, 2.45) is 10.9 Å². The summed E-state index contributed by atoms with van der Waals surface area (Å²) in [5.41, 5.74) is 1.34. The van der Waals surface area contributed by atoms with E-state index in [9.17, 15) is 9.59 Å². The standard InChI is InChI=1S/C21H32N4O4/c1-5-23-21(25-10-8-15(9-11-25)13-19(26)22-2)24-14-16-6-7-17(20(27)29-4)18(12-16)28-3/h6-7,12,15H,5,8-11,13-14H2,1-4H3,(H,22,26)(H,23,24). The third kappa shape index (κ3) is 6.37. The highest BCUT2D eigenvalue weighted by Gasteiger charge is 2.23. The first-order chi connectivity index (χ1) is 14.0. The van der Waals surface area contributed by atoms with Crippen molar-refractivity contribution < 1.29 is 19.1 Å². The van der Waals surface area contributed by atoms with Gasteiger partial charge in [-0.3, -0.25) is 4.79 Å². The molecule has 2 N–H and O–H groups in total. The van der Waals surface area contributed by atoms with Crippen LogP contribution in [0.1, 0.15) is 42.1 Å². The molecular weight excluding hydrogens is 372 g/mol. The molecule has 1 aromatic carbocycles. The van der Waals surface area contributed by atoms with Gasteiger partial charge in [0, 0.05) is 33.1 Å². The molecule has 0 radical (unpaired) electrons. The molecule has 0 unspecified atom stereocenters. The number of benzene rings is 1. The molecule has 1 saturated heterocycles. The summed E-state index contributed by atoms with van der Waals surface area (Å²) in [5.74, 6) is 1.44. The van der Waals surface area contributed by atoms with E-state index in [1.807, 2.05) is 19.1 Å². The van der Waals surface area contributed by atoms with E-state index in [0.717, 1.165) is 44.0 Å². The van der Waals surface area contributed by atoms with Gasteiger partial charge in [0.1, 0.15) is 11.3 Å². The number of aliphatic imine (C=N–C) groups is 1. The summed E-state index contributed by atoms with van der Waals surface area (Å²) in [6, 6.07) is 5.37. The van der Waals surface area contributed by atoms with Crippen LogP contribution < -0.4 is 15.4 Å². The van der Waals surface area contributed by atoms with E-state index in [1.165, 1.54) is 14.2 Å². The highest BCUT2D eigenvalue weighted by Crippen LogP contribution is 2.23. The number of piperidine rings is 1. The summed E-state index contributed by atoms with van der Waals surface area (Å²) < 4.78 is 10.1. The lowest BCUT2D eigenvalue weighted by atomic mass is 9.93. The van der Waals surface area contributed by atoms with Crippen molar-refractivity contribution in [1.82, 2.24) is 15.5 Å². The number of nitrogens with one attached hydrogen (secondary N) is 2. The Kier molecular flexibility index (Phi) is 8.76. The second-order valence-electron chi connectivity index (χ2n) is 7.00. The molecule has 1 fully saturated rings. The Balaban J connectivity index is 2.04. The van der Waals surface area contributed by atoms with Crippen molar-refractivity contribution in [2.45, 2.75) is 32.7 Å². The van der Waals surface area contributed by atoms with Gasteiger partial charge in [-0.15, -0.1) is 0 Å². The molecule has 0 atom stereocenters. The predicted octanol–water partition coefficient (Wildman–Crippen LogP) is 1.80. The second kappa shape index (κ2) is 11.3. The Morgan fingerprint density at radius 2 is 1.97 bits per heavy atom. The number of carbonyl (C=O) groups excluding carboxylic acids is 2. The van der Waals surface area contributed by atoms with Crippen LogP contribution in [0, 0.1) is 5.92 Å². The maximum atomic E-state index is 11.8. The van der Waals surface area contributed by atoms with Crippen molar-refractivity contribution in [3.8, 4) is 5.75 Å². The SMILES string of the molecule is CCNC(=NCc1ccc(C(=O)OC)c(OC)c1)N1CCC(CC(=O)NC)CC1. The van der Waals surface area contributed by atoms with E-state index in [4.69, 9.17) is 14.5 Å². The zero-order valence-corrected chi connectivity index (χ0v) is 17.8. The lowest BCUT2D eigenvalue weighted by Crippen LogP contribution is -2.46. The first-order valence-electron chi connectivity index (χ1n) is 10.0. The molecule has 1 aromatic rings. The lowest BCUT2D eigenvalue weighted by molar-refractivity contribution is -0.121. The number of hydrogen-bond donors (Lipinski definition) is 2. The van der Waals surface area contributed by atoms with Crippen molar-refractivity contribution in [1.29, 1.82) is 0 Å². The van der Waals surface area contributed by atoms with Crippen LogP contribution in [0.25, 0.3) is 0 Å². The molecular formula is C21H32N4O4. The van der Waals surface area contributed by atoms with Gasteiger partial charge in [-0.25, -0.2) is 9.79 Å². The van der Waals surface area contributed by atoms with E-state index >= 15 is 0 Å². The summed E-state index contributed by atoms with van der Waals surface area (Å²) in [5, 5.41) is 6.05. The van der Waals surface area contributed by atoms with E-state index in [2.05, 4.69) is 15.5 Å². The normalized spacial score (nSPS) is 15.0. The fourth-order valence-corrected chi connectivity index (χ4v) is 3.42. The number of rotatable bonds is 7. The molecule has 2 rings (SSSR count). The van der Waals surface area contributed by atoms with E-state index in [-0.39, 0.29) is 5.91 Å². The Bertz CT molecular complexity index is 727. The topological polar surface area (TPSA) is 92.3 Å². The summed E-state index contributed by atoms with van der Waals surface area (Å²) in [6.45, 7) is 5.04. The van der Waals surface area contributed by atoms with Crippen molar-refractivity contribution >= 4 is 17.8 Å². The van der Waals surface area contributed by atoms with Crippen LogP contribution in [-0.4, -0.2) is 63.6 Å². The van der Waals surface area contributed by atoms with Crippen LogP contribution >= 0.6 is 0 Å². The van der Waals surface area contributed by atoms with Gasteiger partial charge in [0.15, 0.2) is 5.96 Å². The quantitative estimate of drug-likeness (QED) is 0.409. The number of guanidine groups is 1. The van der Waals surface area contributed by atoms with Gasteiger partial charge in [-0.1, -0.05) is 6.07 Å². The van der Waals surface area contributed by atoms with Gasteiger partial charge in [-0.2, -0.15) is 0 Å². The van der Waals surface area contributed by atoms with Crippen molar-refractivity contribution in [3.63, 3.8) is 0 Å². The molecule has 0 aromatic heterocycles. The van der Waals surface area contributed by atoms with E-state index < -0.39 is 5.97 Å². The van der Waals surface area contributed by atoms with Crippen LogP contribution in [0.15, 0.2) is 23.2 Å². The molecule has 0 aliphatic carbocycles. The average molecular weight is 405 g/mol. The Morgan fingerprint density at radius 3 is 2.55 bits per heavy atom. The molecule has 0 saturated carbocycles. The smallest absolute Gasteiger partial charge is 0.341 e. The number of likely N-dealkylation sites (tertiary alicyclic amines) is 1. The largest absolute Gasteiger partial charge is 0.496 e. The van der Waals surface area contributed by atoms with Gasteiger partial charge in [-0.05, 0) is 43.4 Å². The molecule has 8 nitrogen and oxygen atoms in total. The zero-order chi connectivity index (χ0) is 21.2. The van der Waals surface area contributed by atoms with Gasteiger partial charge in [0.05, 0.1) is 20.8 Å². The molecule has 1 aliphatic heterocycles. The third-order valence-corrected chi connectivity index (χ3v) is 5.08. The van der Waals surface area contributed by atoms with E-state index in [0.29, 0.717) is 30.2 Å². The molecule has 0 spiro atoms. The lowest BCUT2D eigenvalue weighted by Gasteiger charge is -2.34. The highest BCUT2D eigenvalue weighted by atomic mass is 16.5. The number of carbonyl (C=O) groups is 2. The van der Waals surface area contributed by atoms with Gasteiger partial charge in [0.25, 0.3) is 0 Å². The van der Waals surface area contributed by atoms with Crippen LogP contribution in [0.4, 0.5) is 0 Å². The minimum Gasteiger partial charge on any atom is -0.496 e. The predicted molar refractivity (Wildman–Crippen MR) is 112 cm³/mol. The van der Waals surface area contributed by atoms with Crippen LogP contribution in [0.3, 0.4) is 0 Å². The Hall–Kier alpha value is -2.77. The first-order valence-corrected chi connectivity index (χ1v) is 10.0. The van der Waals surface area contributed by atoms with Crippen LogP contribution in [-0.2, 0) is 16.1 Å². The summed E-state index contributed by atoms with van der Waals surface area (Å²) in [6.07, 6.45) is 2.53. The number of hydrogen-bond acceptors (Lipinski definition) is 5. The number of esters is 1. The van der Waals surface area contributed by atoms with Crippen LogP contribution in [0.5, 0.6) is 5.75 Å². The zero-order valence-electron chi connectivity index (χ0n) is 17.8. The highest BCUT2D eigenvalue weighted by molar-refractivity contribution is 5.92. The molecule has 29 heavy (non-hydrogen) atoms. The van der Waals surface area contributed by atoms with Crippen molar-refractivity contribution in [3.05, 3.63) is 29.3 Å². The summed E-state index contributed by atoms with van der Waals surface area (Å²) in [4.78, 5) is 30.4. The number of ether oxygens (including phenoxy) is 2. The summed E-state index contributed by atoms with van der Waals surface area (Å²) in [7, 11) is 4.56. The number of amides is 1. The Labute approximate surface area is 172 Å². The van der Waals surface area contributed by atoms with Crippen LogP contribution in [0.2, 0.25) is 0 Å². The van der Waals surface area contributed by atoms with Gasteiger partial charge in [0.2, 0.25) is 5.91 Å². The summed E-state index contributed by atoms with van der Waals surface area (Å²) >= 11 is 0. The fourth-order valence-electron chi connectivity index (χ4n) is 3.42. The maximum Gasteiger partial charge on any atom is 0.341 e. The second-order valence-corrected chi connectivity index (χ2v) is 7.00. The van der Waals surface area contributed by atoms with Gasteiger partial charge < -0.3 is 25.0 Å². The minimum absolute atomic E-state index is 0.105. The van der Waals surface area contributed by atoms with Crippen molar-refractivity contribution in [2.75, 3.05) is 40.9 Å². The fraction of sp³-hybridized carbons (Fsp3) is 0.571. The average Bonchev–Trinajstić information content (AvgIpc) is 2.76. The Morgan fingerprint density at radius 1 is 1.24 bits per heavy atom. The molecule has 1 aliphatic rings.